The standard InChI is InChI=1S/C24H27ClN4O3.C3H6/c1-14(2)11-16(12-20(26)30)23(31)28-22-24(32)29(3)19-10-9-17(25)13-18(19)21(27-22)15-7-5-4-6-8-15;1-3-2/h4-10,13-14,16,22H,11-12H2,1-3H3,(H2,26,30)(H,28,31);3H,1H2,2H3. The third kappa shape index (κ3) is 7.52. The highest BCUT2D eigenvalue weighted by Gasteiger charge is 2.33. The topological polar surface area (TPSA) is 105 Å². The lowest BCUT2D eigenvalue weighted by molar-refractivity contribution is -0.132. The molecule has 2 aromatic rings. The molecule has 35 heavy (non-hydrogen) atoms. The summed E-state index contributed by atoms with van der Waals surface area (Å²) in [6.07, 6.45) is 0.971. The Bertz CT molecular complexity index is 1100. The number of benzene rings is 2. The fourth-order valence-corrected chi connectivity index (χ4v) is 3.99. The number of hydrogen-bond acceptors (Lipinski definition) is 4. The smallest absolute Gasteiger partial charge is 0.272 e. The molecule has 0 saturated carbocycles. The van der Waals surface area contributed by atoms with E-state index in [9.17, 15) is 14.4 Å². The average molecular weight is 497 g/mol. The Morgan fingerprint density at radius 2 is 1.86 bits per heavy atom. The number of carbonyl (C=O) groups is 3. The highest BCUT2D eigenvalue weighted by atomic mass is 35.5. The zero-order valence-electron chi connectivity index (χ0n) is 20.6. The number of carbonyl (C=O) groups excluding carboxylic acids is 3. The number of nitrogens with one attached hydrogen (secondary N) is 1. The first kappa shape index (κ1) is 27.8. The number of nitrogens with two attached hydrogens (primary N) is 1. The van der Waals surface area contributed by atoms with Crippen LogP contribution < -0.4 is 16.0 Å². The van der Waals surface area contributed by atoms with E-state index in [1.165, 1.54) is 4.90 Å². The Balaban J connectivity index is 0.00000137. The second-order valence-electron chi connectivity index (χ2n) is 8.72. The lowest BCUT2D eigenvalue weighted by Gasteiger charge is -2.23. The Morgan fingerprint density at radius 1 is 1.23 bits per heavy atom. The van der Waals surface area contributed by atoms with Crippen molar-refractivity contribution in [3.63, 3.8) is 0 Å². The number of fused-ring (bicyclic) bond motifs is 1. The average Bonchev–Trinajstić information content (AvgIpc) is 2.89. The SMILES string of the molecule is C=CC.CC(C)CC(CC(N)=O)C(=O)NC1N=C(c2ccccc2)c2cc(Cl)ccc2N(C)C1=O. The fraction of sp³-hybridized carbons (Fsp3) is 0.333. The molecule has 0 bridgehead atoms. The highest BCUT2D eigenvalue weighted by Crippen LogP contribution is 2.30. The zero-order valence-corrected chi connectivity index (χ0v) is 21.4. The summed E-state index contributed by atoms with van der Waals surface area (Å²) in [4.78, 5) is 43.9. The summed E-state index contributed by atoms with van der Waals surface area (Å²) in [6.45, 7) is 9.16. The van der Waals surface area contributed by atoms with Crippen molar-refractivity contribution < 1.29 is 14.4 Å². The molecule has 8 heteroatoms. The lowest BCUT2D eigenvalue weighted by atomic mass is 9.93. The van der Waals surface area contributed by atoms with Crippen LogP contribution in [0.15, 0.2) is 66.2 Å². The Hall–Kier alpha value is -3.45. The van der Waals surface area contributed by atoms with Gasteiger partial charge in [-0.1, -0.05) is 61.9 Å². The first-order valence-corrected chi connectivity index (χ1v) is 11.8. The maximum atomic E-state index is 13.3. The molecular weight excluding hydrogens is 464 g/mol. The predicted octanol–water partition coefficient (Wildman–Crippen LogP) is 4.33. The minimum absolute atomic E-state index is 0.0914. The van der Waals surface area contributed by atoms with Gasteiger partial charge in [-0.15, -0.1) is 6.58 Å². The van der Waals surface area contributed by atoms with E-state index in [4.69, 9.17) is 17.3 Å². The molecule has 3 rings (SSSR count). The van der Waals surface area contributed by atoms with Crippen molar-refractivity contribution in [2.75, 3.05) is 11.9 Å². The van der Waals surface area contributed by atoms with E-state index >= 15 is 0 Å². The van der Waals surface area contributed by atoms with Crippen molar-refractivity contribution >= 4 is 40.7 Å². The van der Waals surface area contributed by atoms with Crippen molar-refractivity contribution in [2.45, 2.75) is 39.8 Å². The summed E-state index contributed by atoms with van der Waals surface area (Å²) < 4.78 is 0. The van der Waals surface area contributed by atoms with Gasteiger partial charge >= 0.3 is 0 Å². The molecule has 2 unspecified atom stereocenters. The molecule has 0 aliphatic carbocycles. The second-order valence-corrected chi connectivity index (χ2v) is 9.16. The van der Waals surface area contributed by atoms with E-state index in [-0.39, 0.29) is 12.3 Å². The van der Waals surface area contributed by atoms with Crippen LogP contribution in [0.5, 0.6) is 0 Å². The predicted molar refractivity (Wildman–Crippen MR) is 142 cm³/mol. The second kappa shape index (κ2) is 12.9. The third-order valence-corrected chi connectivity index (χ3v) is 5.53. The molecule has 1 aliphatic heterocycles. The van der Waals surface area contributed by atoms with Gasteiger partial charge in [0.05, 0.1) is 11.4 Å². The molecule has 1 heterocycles. The van der Waals surface area contributed by atoms with E-state index in [1.54, 1.807) is 31.3 Å². The number of aliphatic imine (C=N–C) groups is 1. The Labute approximate surface area is 212 Å². The Kier molecular flexibility index (Phi) is 10.2. The Morgan fingerprint density at radius 3 is 2.43 bits per heavy atom. The van der Waals surface area contributed by atoms with Crippen LogP contribution in [-0.2, 0) is 14.4 Å². The lowest BCUT2D eigenvalue weighted by Crippen LogP contribution is -2.48. The van der Waals surface area contributed by atoms with Gasteiger partial charge in [0.1, 0.15) is 0 Å². The van der Waals surface area contributed by atoms with E-state index in [0.717, 1.165) is 5.56 Å². The largest absolute Gasteiger partial charge is 0.370 e. The van der Waals surface area contributed by atoms with Crippen molar-refractivity contribution in [2.24, 2.45) is 22.6 Å². The minimum atomic E-state index is -1.16. The minimum Gasteiger partial charge on any atom is -0.370 e. The van der Waals surface area contributed by atoms with Gasteiger partial charge in [-0.05, 0) is 37.5 Å². The normalized spacial score (nSPS) is 15.7. The molecular formula is C27H33ClN4O3. The quantitative estimate of drug-likeness (QED) is 0.557. The molecule has 0 radical (unpaired) electrons. The van der Waals surface area contributed by atoms with E-state index in [2.05, 4.69) is 16.9 Å². The number of halogens is 1. The monoisotopic (exact) mass is 496 g/mol. The van der Waals surface area contributed by atoms with Crippen LogP contribution in [0.2, 0.25) is 5.02 Å². The molecule has 2 atom stereocenters. The van der Waals surface area contributed by atoms with Gasteiger partial charge in [-0.2, -0.15) is 0 Å². The van der Waals surface area contributed by atoms with Gasteiger partial charge in [0.15, 0.2) is 0 Å². The van der Waals surface area contributed by atoms with Crippen LogP contribution in [-0.4, -0.2) is 36.6 Å². The summed E-state index contributed by atoms with van der Waals surface area (Å²) in [5, 5.41) is 3.25. The number of likely N-dealkylation sites (N-methyl/N-ethyl adjacent to an activating group) is 1. The summed E-state index contributed by atoms with van der Waals surface area (Å²) in [5.74, 6) is -1.85. The molecule has 0 saturated heterocycles. The van der Waals surface area contributed by atoms with Gasteiger partial charge in [-0.25, -0.2) is 4.99 Å². The first-order chi connectivity index (χ1) is 16.6. The van der Waals surface area contributed by atoms with E-state index < -0.39 is 29.8 Å². The molecule has 0 spiro atoms. The molecule has 1 aliphatic rings. The molecule has 0 aromatic heterocycles. The van der Waals surface area contributed by atoms with Gasteiger partial charge in [0.25, 0.3) is 5.91 Å². The number of anilines is 1. The van der Waals surface area contributed by atoms with Gasteiger partial charge in [0.2, 0.25) is 18.0 Å². The number of allylic oxidation sites excluding steroid dienone is 1. The molecule has 3 N–H and O–H groups in total. The number of benzodiazepines with no additional fused rings is 1. The van der Waals surface area contributed by atoms with Crippen molar-refractivity contribution in [1.82, 2.24) is 5.32 Å². The van der Waals surface area contributed by atoms with Crippen LogP contribution in [0.1, 0.15) is 44.7 Å². The van der Waals surface area contributed by atoms with Gasteiger partial charge in [0, 0.05) is 35.5 Å². The van der Waals surface area contributed by atoms with Crippen molar-refractivity contribution in [3.8, 4) is 0 Å². The summed E-state index contributed by atoms with van der Waals surface area (Å²) in [7, 11) is 1.63. The van der Waals surface area contributed by atoms with E-state index in [0.29, 0.717) is 28.4 Å². The maximum Gasteiger partial charge on any atom is 0.272 e. The van der Waals surface area contributed by atoms with Crippen LogP contribution in [0, 0.1) is 11.8 Å². The first-order valence-electron chi connectivity index (χ1n) is 11.4. The summed E-state index contributed by atoms with van der Waals surface area (Å²) in [6, 6.07) is 14.6. The van der Waals surface area contributed by atoms with Gasteiger partial charge < -0.3 is 16.0 Å². The van der Waals surface area contributed by atoms with Crippen LogP contribution >= 0.6 is 11.6 Å². The summed E-state index contributed by atoms with van der Waals surface area (Å²) in [5.41, 5.74) is 8.00. The number of amides is 3. The molecule has 7 nitrogen and oxygen atoms in total. The number of primary amides is 1. The van der Waals surface area contributed by atoms with Crippen molar-refractivity contribution in [1.29, 1.82) is 0 Å². The molecule has 2 aromatic carbocycles. The summed E-state index contributed by atoms with van der Waals surface area (Å²) >= 11 is 6.25. The van der Waals surface area contributed by atoms with Crippen LogP contribution in [0.4, 0.5) is 5.69 Å². The van der Waals surface area contributed by atoms with Crippen LogP contribution in [0.3, 0.4) is 0 Å². The van der Waals surface area contributed by atoms with Crippen LogP contribution in [0.25, 0.3) is 0 Å². The zero-order chi connectivity index (χ0) is 26.1. The number of rotatable bonds is 7. The van der Waals surface area contributed by atoms with E-state index in [1.807, 2.05) is 51.1 Å². The highest BCUT2D eigenvalue weighted by molar-refractivity contribution is 6.32. The number of nitrogens with zero attached hydrogens (tertiary/aromatic N) is 2. The molecule has 3 amide bonds. The molecule has 0 fully saturated rings. The van der Waals surface area contributed by atoms with Crippen molar-refractivity contribution in [3.05, 3.63) is 77.3 Å². The van der Waals surface area contributed by atoms with Gasteiger partial charge in [-0.3, -0.25) is 14.4 Å². The maximum absolute atomic E-state index is 13.3. The molecule has 186 valence electrons. The number of hydrogen-bond donors (Lipinski definition) is 2. The third-order valence-electron chi connectivity index (χ3n) is 5.30. The fourth-order valence-electron chi connectivity index (χ4n) is 3.81.